The number of carbonyl (C=O) groups is 2. The van der Waals surface area contributed by atoms with Crippen molar-refractivity contribution in [2.45, 2.75) is 52.1 Å². The third-order valence-corrected chi connectivity index (χ3v) is 4.08. The zero-order chi connectivity index (χ0) is 14.3. The number of ether oxygens (including phenoxy) is 1. The molecule has 0 radical (unpaired) electrons. The van der Waals surface area contributed by atoms with Gasteiger partial charge in [0.1, 0.15) is 5.60 Å². The number of hydrogen-bond acceptors (Lipinski definition) is 4. The number of rotatable bonds is 1. The van der Waals surface area contributed by atoms with E-state index in [2.05, 4.69) is 0 Å². The number of carboxylic acid groups (broad SMARTS) is 1. The van der Waals surface area contributed by atoms with Crippen molar-refractivity contribution >= 4 is 12.1 Å². The SMILES string of the molecule is CC(C)(C)OC(=O)N1CC2(CCC(C(=O)[O-])CC2)C1. The van der Waals surface area contributed by atoms with E-state index in [-0.39, 0.29) is 17.4 Å². The zero-order valence-corrected chi connectivity index (χ0v) is 11.9. The lowest BCUT2D eigenvalue weighted by molar-refractivity contribution is -0.313. The van der Waals surface area contributed by atoms with Gasteiger partial charge in [0.15, 0.2) is 0 Å². The first-order chi connectivity index (χ1) is 8.71. The number of carboxylic acids is 1. The van der Waals surface area contributed by atoms with Crippen molar-refractivity contribution in [3.05, 3.63) is 0 Å². The Kier molecular flexibility index (Phi) is 3.49. The molecule has 0 atom stereocenters. The molecule has 1 aliphatic heterocycles. The van der Waals surface area contributed by atoms with Crippen LogP contribution in [0.4, 0.5) is 4.79 Å². The summed E-state index contributed by atoms with van der Waals surface area (Å²) in [6.07, 6.45) is 2.81. The average molecular weight is 268 g/mol. The number of likely N-dealkylation sites (tertiary alicyclic amines) is 1. The Morgan fingerprint density at radius 3 is 2.16 bits per heavy atom. The van der Waals surface area contributed by atoms with E-state index in [9.17, 15) is 14.7 Å². The minimum atomic E-state index is -0.932. The lowest BCUT2D eigenvalue weighted by Crippen LogP contribution is -2.60. The highest BCUT2D eigenvalue weighted by molar-refractivity contribution is 5.70. The van der Waals surface area contributed by atoms with Crippen LogP contribution in [0.1, 0.15) is 46.5 Å². The van der Waals surface area contributed by atoms with Gasteiger partial charge in [0, 0.05) is 24.5 Å². The van der Waals surface area contributed by atoms with Gasteiger partial charge in [-0.25, -0.2) is 4.79 Å². The molecule has 108 valence electrons. The summed E-state index contributed by atoms with van der Waals surface area (Å²) in [5.41, 5.74) is -0.338. The molecule has 19 heavy (non-hydrogen) atoms. The van der Waals surface area contributed by atoms with Crippen LogP contribution >= 0.6 is 0 Å². The Balaban J connectivity index is 1.80. The molecule has 1 aliphatic carbocycles. The largest absolute Gasteiger partial charge is 0.550 e. The second kappa shape index (κ2) is 4.69. The van der Waals surface area contributed by atoms with Crippen LogP contribution < -0.4 is 5.11 Å². The van der Waals surface area contributed by atoms with Crippen molar-refractivity contribution in [2.75, 3.05) is 13.1 Å². The number of aliphatic carboxylic acids is 1. The van der Waals surface area contributed by atoms with Gasteiger partial charge < -0.3 is 19.5 Å². The van der Waals surface area contributed by atoms with E-state index in [4.69, 9.17) is 4.74 Å². The topological polar surface area (TPSA) is 69.7 Å². The maximum atomic E-state index is 11.8. The Morgan fingerprint density at radius 2 is 1.74 bits per heavy atom. The van der Waals surface area contributed by atoms with Crippen LogP contribution in [-0.4, -0.2) is 35.7 Å². The molecule has 5 heteroatoms. The fourth-order valence-electron chi connectivity index (χ4n) is 3.00. The summed E-state index contributed by atoms with van der Waals surface area (Å²) in [5.74, 6) is -1.24. The molecule has 1 amide bonds. The van der Waals surface area contributed by atoms with Gasteiger partial charge in [0.2, 0.25) is 0 Å². The molecule has 1 spiro atoms. The molecule has 1 heterocycles. The summed E-state index contributed by atoms with van der Waals surface area (Å²) in [4.78, 5) is 24.4. The molecule has 0 aromatic carbocycles. The van der Waals surface area contributed by atoms with Crippen LogP contribution in [0.5, 0.6) is 0 Å². The number of amides is 1. The van der Waals surface area contributed by atoms with Crippen LogP contribution in [0.2, 0.25) is 0 Å². The highest BCUT2D eigenvalue weighted by Gasteiger charge is 2.48. The minimum Gasteiger partial charge on any atom is -0.550 e. The fourth-order valence-corrected chi connectivity index (χ4v) is 3.00. The summed E-state index contributed by atoms with van der Waals surface area (Å²) in [5, 5.41) is 10.8. The zero-order valence-electron chi connectivity index (χ0n) is 11.9. The molecule has 2 fully saturated rings. The van der Waals surface area contributed by atoms with Crippen molar-refractivity contribution in [1.82, 2.24) is 4.90 Å². The summed E-state index contributed by atoms with van der Waals surface area (Å²) >= 11 is 0. The van der Waals surface area contributed by atoms with Crippen molar-refractivity contribution in [3.63, 3.8) is 0 Å². The number of nitrogens with zero attached hydrogens (tertiary/aromatic N) is 1. The van der Waals surface area contributed by atoms with Crippen LogP contribution in [0.25, 0.3) is 0 Å². The van der Waals surface area contributed by atoms with Crippen molar-refractivity contribution < 1.29 is 19.4 Å². The highest BCUT2D eigenvalue weighted by atomic mass is 16.6. The van der Waals surface area contributed by atoms with Gasteiger partial charge in [-0.3, -0.25) is 0 Å². The molecule has 2 rings (SSSR count). The predicted molar refractivity (Wildman–Crippen MR) is 67.2 cm³/mol. The van der Waals surface area contributed by atoms with E-state index < -0.39 is 11.6 Å². The first-order valence-electron chi connectivity index (χ1n) is 6.90. The van der Waals surface area contributed by atoms with Gasteiger partial charge in [-0.2, -0.15) is 0 Å². The highest BCUT2D eigenvalue weighted by Crippen LogP contribution is 2.45. The molecular formula is C14H22NO4-. The Labute approximate surface area is 113 Å². The maximum absolute atomic E-state index is 11.8. The normalized spacial score (nSPS) is 23.0. The van der Waals surface area contributed by atoms with Crippen molar-refractivity contribution in [2.24, 2.45) is 11.3 Å². The molecule has 1 saturated carbocycles. The minimum absolute atomic E-state index is 0.128. The van der Waals surface area contributed by atoms with Crippen LogP contribution in [0, 0.1) is 11.3 Å². The van der Waals surface area contributed by atoms with Crippen molar-refractivity contribution in [3.8, 4) is 0 Å². The molecule has 0 unspecified atom stereocenters. The number of carbonyl (C=O) groups excluding carboxylic acids is 2. The van der Waals surface area contributed by atoms with Crippen LogP contribution in [0.15, 0.2) is 0 Å². The molecule has 5 nitrogen and oxygen atoms in total. The molecule has 0 bridgehead atoms. The average Bonchev–Trinajstić information content (AvgIpc) is 2.23. The molecule has 0 aromatic rings. The predicted octanol–water partition coefficient (Wildman–Crippen LogP) is 1.16. The van der Waals surface area contributed by atoms with E-state index >= 15 is 0 Å². The quantitative estimate of drug-likeness (QED) is 0.715. The molecule has 0 N–H and O–H groups in total. The smallest absolute Gasteiger partial charge is 0.410 e. The van der Waals surface area contributed by atoms with Crippen LogP contribution in [-0.2, 0) is 9.53 Å². The fraction of sp³-hybridized carbons (Fsp3) is 0.857. The van der Waals surface area contributed by atoms with Gasteiger partial charge in [0.25, 0.3) is 0 Å². The molecule has 1 saturated heterocycles. The lowest BCUT2D eigenvalue weighted by Gasteiger charge is -2.53. The van der Waals surface area contributed by atoms with Crippen LogP contribution in [0.3, 0.4) is 0 Å². The molecule has 2 aliphatic rings. The standard InChI is InChI=1S/C14H23NO4/c1-13(2,3)19-12(18)15-8-14(9-15)6-4-10(5-7-14)11(16)17/h10H,4-9H2,1-3H3,(H,16,17)/p-1. The van der Waals surface area contributed by atoms with Gasteiger partial charge in [0.05, 0.1) is 0 Å². The number of hydrogen-bond donors (Lipinski definition) is 0. The summed E-state index contributed by atoms with van der Waals surface area (Å²) in [6.45, 7) is 6.95. The van der Waals surface area contributed by atoms with Gasteiger partial charge in [-0.1, -0.05) is 0 Å². The van der Waals surface area contributed by atoms with Gasteiger partial charge in [-0.05, 0) is 52.4 Å². The lowest BCUT2D eigenvalue weighted by atomic mass is 9.66. The first kappa shape index (κ1) is 14.2. The maximum Gasteiger partial charge on any atom is 0.410 e. The van der Waals surface area contributed by atoms with Gasteiger partial charge >= 0.3 is 6.09 Å². The molecular weight excluding hydrogens is 246 g/mol. The summed E-state index contributed by atoms with van der Waals surface area (Å²) < 4.78 is 5.32. The Morgan fingerprint density at radius 1 is 1.21 bits per heavy atom. The Bertz CT molecular complexity index is 369. The van der Waals surface area contributed by atoms with Crippen molar-refractivity contribution in [1.29, 1.82) is 0 Å². The summed E-state index contributed by atoms with van der Waals surface area (Å²) in [6, 6.07) is 0. The van der Waals surface area contributed by atoms with E-state index in [0.29, 0.717) is 25.9 Å². The monoisotopic (exact) mass is 268 g/mol. The second-order valence-electron chi connectivity index (χ2n) is 6.93. The van der Waals surface area contributed by atoms with E-state index in [1.54, 1.807) is 4.90 Å². The Hall–Kier alpha value is -1.26. The first-order valence-corrected chi connectivity index (χ1v) is 6.90. The third kappa shape index (κ3) is 3.19. The summed E-state index contributed by atoms with van der Waals surface area (Å²) in [7, 11) is 0. The van der Waals surface area contributed by atoms with E-state index in [0.717, 1.165) is 12.8 Å². The second-order valence-corrected chi connectivity index (χ2v) is 6.93. The third-order valence-electron chi connectivity index (χ3n) is 4.08. The van der Waals surface area contributed by atoms with E-state index in [1.807, 2.05) is 20.8 Å². The molecule has 0 aromatic heterocycles. The van der Waals surface area contributed by atoms with Gasteiger partial charge in [-0.15, -0.1) is 0 Å². The van der Waals surface area contributed by atoms with E-state index in [1.165, 1.54) is 0 Å².